The van der Waals surface area contributed by atoms with E-state index in [0.717, 1.165) is 0 Å². The molecule has 0 saturated carbocycles. The number of aliphatic hydroxyl groups excluding tert-OH is 1. The number of amides is 1. The number of nitrogens with zero attached hydrogens (tertiary/aromatic N) is 3. The molecule has 134 valence electrons. The Labute approximate surface area is 147 Å². The number of aliphatic hydroxyl groups is 1. The number of nitrogens with one attached hydrogen (secondary N) is 1. The third-order valence-corrected chi connectivity index (χ3v) is 4.89. The van der Waals surface area contributed by atoms with Crippen molar-refractivity contribution in [2.45, 2.75) is 18.5 Å². The fraction of sp³-hybridized carbons (Fsp3) is 0.444. The van der Waals surface area contributed by atoms with E-state index in [1.165, 1.54) is 0 Å². The van der Waals surface area contributed by atoms with Crippen molar-refractivity contribution in [3.05, 3.63) is 48.4 Å². The van der Waals surface area contributed by atoms with Crippen molar-refractivity contribution < 1.29 is 14.6 Å². The van der Waals surface area contributed by atoms with E-state index < -0.39 is 5.54 Å². The summed E-state index contributed by atoms with van der Waals surface area (Å²) >= 11 is 0. The van der Waals surface area contributed by atoms with Gasteiger partial charge in [-0.1, -0.05) is 0 Å². The molecule has 1 aliphatic rings. The zero-order valence-electron chi connectivity index (χ0n) is 14.6. The van der Waals surface area contributed by atoms with Gasteiger partial charge >= 0.3 is 0 Å². The molecule has 0 unspecified atom stereocenters. The quantitative estimate of drug-likeness (QED) is 0.834. The van der Waals surface area contributed by atoms with E-state index in [2.05, 4.69) is 15.2 Å². The van der Waals surface area contributed by atoms with Gasteiger partial charge in [-0.25, -0.2) is 4.98 Å². The van der Waals surface area contributed by atoms with Crippen molar-refractivity contribution in [3.63, 3.8) is 0 Å². The molecule has 0 spiro atoms. The molecule has 1 aliphatic heterocycles. The number of hydrogen-bond acceptors (Lipinski definition) is 5. The normalized spacial score (nSPS) is 24.2. The van der Waals surface area contributed by atoms with Crippen LogP contribution in [0.2, 0.25) is 0 Å². The summed E-state index contributed by atoms with van der Waals surface area (Å²) in [5.74, 6) is 0.483. The first kappa shape index (κ1) is 17.6. The maximum atomic E-state index is 12.6. The Kier molecular flexibility index (Phi) is 5.17. The molecule has 2 N–H and O–H groups in total. The number of rotatable bonds is 5. The molecule has 1 amide bonds. The number of pyridine rings is 1. The van der Waals surface area contributed by atoms with Crippen LogP contribution in [0.15, 0.2) is 42.9 Å². The van der Waals surface area contributed by atoms with Gasteiger partial charge in [0.25, 0.3) is 5.91 Å². The Bertz CT molecular complexity index is 719. The highest BCUT2D eigenvalue weighted by molar-refractivity contribution is 5.94. The highest BCUT2D eigenvalue weighted by Crippen LogP contribution is 2.21. The lowest BCUT2D eigenvalue weighted by Gasteiger charge is -2.47. The van der Waals surface area contributed by atoms with Crippen LogP contribution in [0.1, 0.15) is 17.3 Å². The summed E-state index contributed by atoms with van der Waals surface area (Å²) < 4.78 is 7.44. The molecule has 7 heteroatoms. The average Bonchev–Trinajstić information content (AvgIpc) is 3.18. The van der Waals surface area contributed by atoms with E-state index in [1.807, 2.05) is 43.1 Å². The Morgan fingerprint density at radius 1 is 1.48 bits per heavy atom. The largest absolute Gasteiger partial charge is 0.394 e. The van der Waals surface area contributed by atoms with Crippen LogP contribution in [0.25, 0.3) is 5.82 Å². The van der Waals surface area contributed by atoms with E-state index in [0.29, 0.717) is 31.1 Å². The third kappa shape index (κ3) is 3.58. The predicted octanol–water partition coefficient (Wildman–Crippen LogP) is 0.684. The summed E-state index contributed by atoms with van der Waals surface area (Å²) in [4.78, 5) is 18.9. The lowest BCUT2D eigenvalue weighted by molar-refractivity contribution is -0.105. The second-order valence-corrected chi connectivity index (χ2v) is 6.53. The summed E-state index contributed by atoms with van der Waals surface area (Å²) in [6, 6.07) is 7.40. The number of morpholine rings is 1. The summed E-state index contributed by atoms with van der Waals surface area (Å²) in [6.45, 7) is 3.27. The third-order valence-electron chi connectivity index (χ3n) is 4.89. The van der Waals surface area contributed by atoms with Crippen LogP contribution in [-0.2, 0) is 4.74 Å². The van der Waals surface area contributed by atoms with E-state index in [-0.39, 0.29) is 18.6 Å². The van der Waals surface area contributed by atoms with Gasteiger partial charge in [0.05, 0.1) is 25.4 Å². The van der Waals surface area contributed by atoms with Crippen LogP contribution in [-0.4, -0.2) is 70.5 Å². The van der Waals surface area contributed by atoms with Crippen LogP contribution in [0.5, 0.6) is 0 Å². The Morgan fingerprint density at radius 2 is 2.24 bits per heavy atom. The average molecular weight is 344 g/mol. The number of carbonyl (C=O) groups excluding carboxylic acids is 1. The van der Waals surface area contributed by atoms with E-state index in [1.54, 1.807) is 18.3 Å². The van der Waals surface area contributed by atoms with Crippen molar-refractivity contribution in [2.24, 2.45) is 0 Å². The number of aromatic nitrogens is 2. The minimum atomic E-state index is -0.608. The van der Waals surface area contributed by atoms with Crippen molar-refractivity contribution >= 4 is 5.91 Å². The molecular weight excluding hydrogens is 320 g/mol. The molecule has 0 bridgehead atoms. The molecule has 7 nitrogen and oxygen atoms in total. The molecule has 3 rings (SSSR count). The predicted molar refractivity (Wildman–Crippen MR) is 93.8 cm³/mol. The molecule has 3 heterocycles. The van der Waals surface area contributed by atoms with Gasteiger partial charge in [-0.3, -0.25) is 9.69 Å². The van der Waals surface area contributed by atoms with E-state index in [9.17, 15) is 9.90 Å². The molecule has 0 radical (unpaired) electrons. The maximum Gasteiger partial charge on any atom is 0.251 e. The van der Waals surface area contributed by atoms with Crippen LogP contribution < -0.4 is 5.32 Å². The first-order chi connectivity index (χ1) is 12.1. The van der Waals surface area contributed by atoms with Gasteiger partial charge in [0.15, 0.2) is 0 Å². The van der Waals surface area contributed by atoms with Crippen LogP contribution >= 0.6 is 0 Å². The van der Waals surface area contributed by atoms with E-state index in [4.69, 9.17) is 4.74 Å². The Morgan fingerprint density at radius 3 is 2.96 bits per heavy atom. The van der Waals surface area contributed by atoms with Crippen molar-refractivity contribution in [1.29, 1.82) is 0 Å². The summed E-state index contributed by atoms with van der Waals surface area (Å²) in [6.07, 6.45) is 5.37. The fourth-order valence-corrected chi connectivity index (χ4v) is 3.02. The summed E-state index contributed by atoms with van der Waals surface area (Å²) in [7, 11) is 1.95. The number of likely N-dealkylation sites (N-methyl/N-ethyl adjacent to an activating group) is 1. The molecular formula is C18H24N4O3. The standard InChI is InChI=1S/C18H24N4O3/c1-14-10-25-13-18(12-23,21(14)2)11-20-17(24)15-5-6-19-16(9-15)22-7-3-4-8-22/h3-9,14,23H,10-13H2,1-2H3,(H,20,24)/t14-,18+/m1/s1. The fourth-order valence-electron chi connectivity index (χ4n) is 3.02. The molecule has 1 fully saturated rings. The van der Waals surface area contributed by atoms with Crippen molar-refractivity contribution in [1.82, 2.24) is 19.8 Å². The lowest BCUT2D eigenvalue weighted by atomic mass is 9.96. The zero-order valence-corrected chi connectivity index (χ0v) is 14.6. The first-order valence-electron chi connectivity index (χ1n) is 8.35. The zero-order chi connectivity index (χ0) is 17.9. The van der Waals surface area contributed by atoms with Gasteiger partial charge in [-0.05, 0) is 38.2 Å². The van der Waals surface area contributed by atoms with Crippen molar-refractivity contribution in [3.8, 4) is 5.82 Å². The van der Waals surface area contributed by atoms with Crippen LogP contribution in [0.3, 0.4) is 0 Å². The number of carbonyl (C=O) groups is 1. The lowest BCUT2D eigenvalue weighted by Crippen LogP contribution is -2.65. The Hall–Kier alpha value is -2.22. The van der Waals surface area contributed by atoms with Gasteiger partial charge in [-0.15, -0.1) is 0 Å². The summed E-state index contributed by atoms with van der Waals surface area (Å²) in [5, 5.41) is 12.8. The smallest absolute Gasteiger partial charge is 0.251 e. The van der Waals surface area contributed by atoms with Gasteiger partial charge in [0.1, 0.15) is 5.82 Å². The van der Waals surface area contributed by atoms with Gasteiger partial charge < -0.3 is 19.7 Å². The molecule has 1 saturated heterocycles. The SMILES string of the molecule is C[C@@H]1COC[C@@](CO)(CNC(=O)c2ccnc(-n3cccc3)c2)N1C. The maximum absolute atomic E-state index is 12.6. The molecule has 0 aromatic carbocycles. The van der Waals surface area contributed by atoms with Gasteiger partial charge in [-0.2, -0.15) is 0 Å². The van der Waals surface area contributed by atoms with Crippen LogP contribution in [0.4, 0.5) is 0 Å². The highest BCUT2D eigenvalue weighted by atomic mass is 16.5. The second-order valence-electron chi connectivity index (χ2n) is 6.53. The van der Waals surface area contributed by atoms with Crippen molar-refractivity contribution in [2.75, 3.05) is 33.4 Å². The number of hydrogen-bond donors (Lipinski definition) is 2. The second kappa shape index (κ2) is 7.35. The topological polar surface area (TPSA) is 79.6 Å². The minimum Gasteiger partial charge on any atom is -0.394 e. The number of ether oxygens (including phenoxy) is 1. The highest BCUT2D eigenvalue weighted by Gasteiger charge is 2.40. The molecule has 25 heavy (non-hydrogen) atoms. The monoisotopic (exact) mass is 344 g/mol. The summed E-state index contributed by atoms with van der Waals surface area (Å²) in [5.41, 5.74) is -0.0805. The molecule has 2 aromatic heterocycles. The van der Waals surface area contributed by atoms with E-state index >= 15 is 0 Å². The van der Waals surface area contributed by atoms with Crippen LogP contribution in [0, 0.1) is 0 Å². The van der Waals surface area contributed by atoms with Gasteiger partial charge in [0, 0.05) is 36.7 Å². The molecule has 0 aliphatic carbocycles. The molecule has 2 atom stereocenters. The molecule has 2 aromatic rings. The Balaban J connectivity index is 1.71. The minimum absolute atomic E-state index is 0.0842. The van der Waals surface area contributed by atoms with Gasteiger partial charge in [0.2, 0.25) is 0 Å². The first-order valence-corrected chi connectivity index (χ1v) is 8.35.